The third-order valence-electron chi connectivity index (χ3n) is 6.03. The number of esters is 1. The molecule has 2 aliphatic rings. The van der Waals surface area contributed by atoms with Gasteiger partial charge in [-0.15, -0.1) is 0 Å². The summed E-state index contributed by atoms with van der Waals surface area (Å²) in [5, 5.41) is 15.1. The van der Waals surface area contributed by atoms with Crippen LogP contribution in [0.3, 0.4) is 0 Å². The van der Waals surface area contributed by atoms with Gasteiger partial charge < -0.3 is 24.7 Å². The van der Waals surface area contributed by atoms with Gasteiger partial charge in [0.05, 0.1) is 6.61 Å². The van der Waals surface area contributed by atoms with E-state index in [1.807, 2.05) is 0 Å². The van der Waals surface area contributed by atoms with Crippen LogP contribution in [0.25, 0.3) is 0 Å². The zero-order chi connectivity index (χ0) is 24.9. The molecule has 1 saturated carbocycles. The van der Waals surface area contributed by atoms with Crippen molar-refractivity contribution in [3.63, 3.8) is 0 Å². The van der Waals surface area contributed by atoms with E-state index in [0.717, 1.165) is 38.1 Å². The normalized spacial score (nSPS) is 18.3. The van der Waals surface area contributed by atoms with Crippen molar-refractivity contribution in [2.24, 2.45) is 5.92 Å². The van der Waals surface area contributed by atoms with Gasteiger partial charge in [0.1, 0.15) is 22.2 Å². The minimum absolute atomic E-state index is 0. The fraction of sp³-hybridized carbons (Fsp3) is 0.500. The second kappa shape index (κ2) is 13.0. The van der Waals surface area contributed by atoms with Crippen LogP contribution in [0.15, 0.2) is 30.6 Å². The van der Waals surface area contributed by atoms with Crippen LogP contribution in [0.4, 0.5) is 8.78 Å². The Balaban J connectivity index is 0.00000361. The first-order chi connectivity index (χ1) is 16.8. The molecule has 0 amide bonds. The molecule has 0 spiro atoms. The fourth-order valence-electron chi connectivity index (χ4n) is 3.94. The van der Waals surface area contributed by atoms with Crippen LogP contribution in [0.2, 0.25) is 10.0 Å². The summed E-state index contributed by atoms with van der Waals surface area (Å²) in [5.41, 5.74) is 0.913. The van der Waals surface area contributed by atoms with E-state index < -0.39 is 24.7 Å². The number of benzene rings is 1. The van der Waals surface area contributed by atoms with Gasteiger partial charge in [-0.3, -0.25) is 4.79 Å². The van der Waals surface area contributed by atoms with Gasteiger partial charge in [-0.05, 0) is 55.8 Å². The van der Waals surface area contributed by atoms with Crippen molar-refractivity contribution in [3.8, 4) is 11.5 Å². The number of nitrogens with zero attached hydrogens (tertiary/aromatic N) is 1. The van der Waals surface area contributed by atoms with E-state index in [4.69, 9.17) is 32.7 Å². The molecular formula is C24H28Cl2F2N2O5S. The number of pyridine rings is 1. The Morgan fingerprint density at radius 2 is 1.86 bits per heavy atom. The minimum atomic E-state index is -3.02. The van der Waals surface area contributed by atoms with E-state index in [0.29, 0.717) is 41.3 Å². The summed E-state index contributed by atoms with van der Waals surface area (Å²) in [4.78, 5) is 13.0. The van der Waals surface area contributed by atoms with Crippen molar-refractivity contribution < 1.29 is 32.5 Å². The summed E-state index contributed by atoms with van der Waals surface area (Å²) in [6, 6.07) is 3.98. The van der Waals surface area contributed by atoms with Crippen LogP contribution in [0.5, 0.6) is 11.5 Å². The maximum Gasteiger partial charge on any atom is 0.387 e. The Kier molecular flexibility index (Phi) is 10.3. The summed E-state index contributed by atoms with van der Waals surface area (Å²) in [7, 11) is 0. The zero-order valence-electron chi connectivity index (χ0n) is 19.4. The summed E-state index contributed by atoms with van der Waals surface area (Å²) >= 11 is 12.5. The Morgan fingerprint density at radius 3 is 2.47 bits per heavy atom. The van der Waals surface area contributed by atoms with Crippen LogP contribution in [0.1, 0.15) is 49.3 Å². The molecule has 2 heterocycles. The van der Waals surface area contributed by atoms with Crippen LogP contribution >= 0.6 is 36.7 Å². The monoisotopic (exact) mass is 564 g/mol. The lowest BCUT2D eigenvalue weighted by Gasteiger charge is -2.26. The first-order valence-corrected chi connectivity index (χ1v) is 12.3. The number of ether oxygens (including phenoxy) is 3. The SMILES string of the molecule is O=C(O[C@@H](Cc1c(Cl)c[n+]([O-])cc1Cl)c1ccc(OC(F)F)c(OCC2CC2)c1)[C@@H]1CCCCN1.S. The molecule has 1 aromatic carbocycles. The van der Waals surface area contributed by atoms with Gasteiger partial charge in [-0.25, -0.2) is 0 Å². The molecule has 7 nitrogen and oxygen atoms in total. The molecule has 0 radical (unpaired) electrons. The smallest absolute Gasteiger partial charge is 0.387 e. The number of hydrogen-bond donors (Lipinski definition) is 1. The van der Waals surface area contributed by atoms with Crippen LogP contribution in [-0.4, -0.2) is 31.8 Å². The molecule has 2 fully saturated rings. The van der Waals surface area contributed by atoms with Gasteiger partial charge in [-0.2, -0.15) is 27.0 Å². The van der Waals surface area contributed by atoms with Gasteiger partial charge in [0, 0.05) is 12.0 Å². The number of piperidine rings is 1. The molecule has 4 rings (SSSR count). The molecule has 2 aromatic rings. The highest BCUT2D eigenvalue weighted by atomic mass is 35.5. The number of aromatic nitrogens is 1. The van der Waals surface area contributed by atoms with Crippen molar-refractivity contribution >= 4 is 42.7 Å². The number of hydrogen-bond acceptors (Lipinski definition) is 6. The number of carbonyl (C=O) groups excluding carboxylic acids is 1. The second-order valence-corrected chi connectivity index (χ2v) is 9.58. The molecule has 1 aliphatic carbocycles. The second-order valence-electron chi connectivity index (χ2n) is 8.76. The number of rotatable bonds is 10. The van der Waals surface area contributed by atoms with E-state index in [1.54, 1.807) is 0 Å². The van der Waals surface area contributed by atoms with E-state index in [2.05, 4.69) is 10.1 Å². The summed E-state index contributed by atoms with van der Waals surface area (Å²) < 4.78 is 42.7. The quantitative estimate of drug-likeness (QED) is 0.245. The van der Waals surface area contributed by atoms with E-state index in [1.165, 1.54) is 18.2 Å². The number of carbonyl (C=O) groups is 1. The fourth-order valence-corrected chi connectivity index (χ4v) is 4.54. The molecule has 0 bridgehead atoms. The highest BCUT2D eigenvalue weighted by molar-refractivity contribution is 7.59. The first-order valence-electron chi connectivity index (χ1n) is 11.5. The number of halogens is 4. The lowest BCUT2D eigenvalue weighted by Crippen LogP contribution is -2.42. The molecule has 12 heteroatoms. The Hall–Kier alpha value is -2.01. The van der Waals surface area contributed by atoms with E-state index >= 15 is 0 Å². The van der Waals surface area contributed by atoms with E-state index in [-0.39, 0.29) is 41.5 Å². The van der Waals surface area contributed by atoms with Crippen molar-refractivity contribution in [2.75, 3.05) is 13.2 Å². The minimum Gasteiger partial charge on any atom is -0.619 e. The van der Waals surface area contributed by atoms with Gasteiger partial charge in [0.2, 0.25) is 0 Å². The Morgan fingerprint density at radius 1 is 1.14 bits per heavy atom. The Bertz CT molecular complexity index is 1030. The third kappa shape index (κ3) is 7.74. The predicted octanol–water partition coefficient (Wildman–Crippen LogP) is 5.10. The largest absolute Gasteiger partial charge is 0.619 e. The molecule has 1 aromatic heterocycles. The van der Waals surface area contributed by atoms with Crippen molar-refractivity contribution in [1.82, 2.24) is 5.32 Å². The highest BCUT2D eigenvalue weighted by Crippen LogP contribution is 2.38. The van der Waals surface area contributed by atoms with Crippen molar-refractivity contribution in [2.45, 2.75) is 57.3 Å². The van der Waals surface area contributed by atoms with E-state index in [9.17, 15) is 18.8 Å². The standard InChI is InChI=1S/C24H26Cl2F2N2O5.H2S/c25-17-11-30(32)12-18(26)16(17)10-21(34-23(31)19-3-1-2-8-29-19)15-6-7-20(35-24(27)28)22(9-15)33-13-14-4-5-14;/h6-7,9,11-12,14,19,21,24,29H,1-5,8,10,13H2;1H2/t19-,21-;/m0./s1. The molecular weight excluding hydrogens is 537 g/mol. The Labute approximate surface area is 225 Å². The van der Waals surface area contributed by atoms with Crippen molar-refractivity contribution in [1.29, 1.82) is 0 Å². The third-order valence-corrected chi connectivity index (χ3v) is 6.68. The average molecular weight is 565 g/mol. The first kappa shape index (κ1) is 28.6. The summed E-state index contributed by atoms with van der Waals surface area (Å²) in [5.74, 6) is -0.0318. The number of alkyl halides is 2. The van der Waals surface area contributed by atoms with Gasteiger partial charge in [-0.1, -0.05) is 35.7 Å². The van der Waals surface area contributed by atoms with Gasteiger partial charge in [0.15, 0.2) is 23.9 Å². The molecule has 36 heavy (non-hydrogen) atoms. The van der Waals surface area contributed by atoms with Crippen LogP contribution in [-0.2, 0) is 16.0 Å². The number of nitrogens with one attached hydrogen (secondary N) is 1. The van der Waals surface area contributed by atoms with Gasteiger partial charge >= 0.3 is 12.6 Å². The predicted molar refractivity (Wildman–Crippen MR) is 135 cm³/mol. The molecule has 1 aliphatic heterocycles. The average Bonchev–Trinajstić information content (AvgIpc) is 3.64. The summed E-state index contributed by atoms with van der Waals surface area (Å²) in [6.07, 6.45) is 6.07. The van der Waals surface area contributed by atoms with Gasteiger partial charge in [0.25, 0.3) is 0 Å². The lowest BCUT2D eigenvalue weighted by molar-refractivity contribution is -0.605. The topological polar surface area (TPSA) is 83.7 Å². The highest BCUT2D eigenvalue weighted by Gasteiger charge is 2.29. The summed E-state index contributed by atoms with van der Waals surface area (Å²) in [6.45, 7) is -1.93. The van der Waals surface area contributed by atoms with Crippen molar-refractivity contribution in [3.05, 3.63) is 57.0 Å². The molecule has 0 unspecified atom stereocenters. The van der Waals surface area contributed by atoms with Crippen LogP contribution in [0, 0.1) is 11.1 Å². The molecule has 2 atom stereocenters. The maximum absolute atomic E-state index is 13.0. The van der Waals surface area contributed by atoms with Crippen LogP contribution < -0.4 is 19.5 Å². The molecule has 198 valence electrons. The lowest BCUT2D eigenvalue weighted by atomic mass is 10.0. The zero-order valence-corrected chi connectivity index (χ0v) is 21.9. The molecule has 1 N–H and O–H groups in total. The maximum atomic E-state index is 13.0. The molecule has 1 saturated heterocycles.